The number of furan rings is 1. The zero-order chi connectivity index (χ0) is 35.1. The quantitative estimate of drug-likeness (QED) is 0.185. The number of nitrogens with zero attached hydrogens (tertiary/aromatic N) is 1. The maximum absolute atomic E-state index is 7.22. The number of hydrogen-bond acceptors (Lipinski definition) is 3. The van der Waals surface area contributed by atoms with Crippen LogP contribution in [-0.4, -0.2) is 0 Å². The highest BCUT2D eigenvalue weighted by atomic mass is 16.5. The van der Waals surface area contributed by atoms with Gasteiger partial charge < -0.3 is 14.1 Å². The zero-order valence-electron chi connectivity index (χ0n) is 29.3. The summed E-state index contributed by atoms with van der Waals surface area (Å²) in [6, 6.07) is 58.5. The van der Waals surface area contributed by atoms with Crippen molar-refractivity contribution in [3.05, 3.63) is 204 Å². The SMILES string of the molecule is CC1CC=CC2=C1C1(c3ccccc3Oc3c(N(c4ccccc4)c4ccc(-c5ccccc5)c5oc6ccccc6c45)cccc31)c1ccccc12. The minimum atomic E-state index is -0.506. The molecule has 1 aliphatic heterocycles. The fraction of sp³-hybridized carbons (Fsp3) is 0.0800. The van der Waals surface area contributed by atoms with Crippen LogP contribution in [0.1, 0.15) is 35.6 Å². The highest BCUT2D eigenvalue weighted by Gasteiger charge is 2.54. The lowest BCUT2D eigenvalue weighted by atomic mass is 9.62. The van der Waals surface area contributed by atoms with Crippen LogP contribution in [0.4, 0.5) is 17.1 Å². The van der Waals surface area contributed by atoms with Crippen molar-refractivity contribution in [2.45, 2.75) is 18.8 Å². The number of ether oxygens (including phenoxy) is 1. The Morgan fingerprint density at radius 2 is 1.32 bits per heavy atom. The summed E-state index contributed by atoms with van der Waals surface area (Å²) in [6.07, 6.45) is 5.70. The van der Waals surface area contributed by atoms with Gasteiger partial charge in [0.05, 0.1) is 22.2 Å². The monoisotopic (exact) mass is 681 g/mol. The molecule has 2 atom stereocenters. The topological polar surface area (TPSA) is 25.6 Å². The number of para-hydroxylation sites is 4. The van der Waals surface area contributed by atoms with Crippen molar-refractivity contribution in [3.8, 4) is 22.6 Å². The van der Waals surface area contributed by atoms with Crippen LogP contribution in [0.5, 0.6) is 11.5 Å². The Labute approximate surface area is 308 Å². The number of rotatable bonds is 4. The Bertz CT molecular complexity index is 2810. The predicted molar refractivity (Wildman–Crippen MR) is 217 cm³/mol. The highest BCUT2D eigenvalue weighted by Crippen LogP contribution is 2.65. The van der Waals surface area contributed by atoms with Gasteiger partial charge in [-0.1, -0.05) is 140 Å². The van der Waals surface area contributed by atoms with Gasteiger partial charge >= 0.3 is 0 Å². The van der Waals surface area contributed by atoms with Crippen LogP contribution in [-0.2, 0) is 5.41 Å². The lowest BCUT2D eigenvalue weighted by molar-refractivity contribution is 0.425. The molecule has 3 heteroatoms. The molecular formula is C50H35NO2. The van der Waals surface area contributed by atoms with Crippen molar-refractivity contribution >= 4 is 44.6 Å². The third-order valence-corrected chi connectivity index (χ3v) is 11.6. The molecule has 3 nitrogen and oxygen atoms in total. The Balaban J connectivity index is 1.24. The lowest BCUT2D eigenvalue weighted by Gasteiger charge is -2.44. The second-order valence-electron chi connectivity index (χ2n) is 14.4. The molecule has 0 fully saturated rings. The van der Waals surface area contributed by atoms with Crippen molar-refractivity contribution in [1.29, 1.82) is 0 Å². The molecule has 0 N–H and O–H groups in total. The molecule has 3 aliphatic rings. The molecule has 0 saturated carbocycles. The predicted octanol–water partition coefficient (Wildman–Crippen LogP) is 13.5. The Kier molecular flexibility index (Phi) is 6.51. The molecule has 11 rings (SSSR count). The van der Waals surface area contributed by atoms with E-state index in [0.717, 1.165) is 68.0 Å². The Hall–Kier alpha value is -6.58. The minimum Gasteiger partial charge on any atom is -0.455 e. The summed E-state index contributed by atoms with van der Waals surface area (Å²) in [4.78, 5) is 2.37. The molecule has 8 aromatic rings. The first-order valence-electron chi connectivity index (χ1n) is 18.5. The van der Waals surface area contributed by atoms with E-state index in [9.17, 15) is 0 Å². The van der Waals surface area contributed by atoms with E-state index in [-0.39, 0.29) is 0 Å². The summed E-state index contributed by atoms with van der Waals surface area (Å²) in [7, 11) is 0. The first-order chi connectivity index (χ1) is 26.2. The van der Waals surface area contributed by atoms with E-state index < -0.39 is 5.41 Å². The molecule has 2 unspecified atom stereocenters. The molecule has 7 aromatic carbocycles. The summed E-state index contributed by atoms with van der Waals surface area (Å²) in [6.45, 7) is 2.39. The van der Waals surface area contributed by atoms with Gasteiger partial charge in [-0.15, -0.1) is 0 Å². The fourth-order valence-electron chi connectivity index (χ4n) is 9.49. The number of fused-ring (bicyclic) bond motifs is 11. The summed E-state index contributed by atoms with van der Waals surface area (Å²) >= 11 is 0. The Morgan fingerprint density at radius 3 is 2.19 bits per heavy atom. The fourth-order valence-corrected chi connectivity index (χ4v) is 9.49. The van der Waals surface area contributed by atoms with E-state index in [2.05, 4.69) is 182 Å². The average molecular weight is 682 g/mol. The van der Waals surface area contributed by atoms with Crippen LogP contribution in [0.2, 0.25) is 0 Å². The van der Waals surface area contributed by atoms with Gasteiger partial charge in [-0.05, 0) is 82.6 Å². The van der Waals surface area contributed by atoms with E-state index in [1.807, 2.05) is 6.07 Å². The van der Waals surface area contributed by atoms with Crippen molar-refractivity contribution in [1.82, 2.24) is 0 Å². The van der Waals surface area contributed by atoms with Gasteiger partial charge in [0.2, 0.25) is 0 Å². The molecule has 0 bridgehead atoms. The maximum Gasteiger partial charge on any atom is 0.156 e. The summed E-state index contributed by atoms with van der Waals surface area (Å²) < 4.78 is 14.0. The molecular weight excluding hydrogens is 647 g/mol. The van der Waals surface area contributed by atoms with Crippen molar-refractivity contribution < 1.29 is 9.15 Å². The second kappa shape index (κ2) is 11.5. The maximum atomic E-state index is 7.22. The van der Waals surface area contributed by atoms with Crippen LogP contribution in [0, 0.1) is 5.92 Å². The Morgan fingerprint density at radius 1 is 0.604 bits per heavy atom. The summed E-state index contributed by atoms with van der Waals surface area (Å²) in [5, 5.41) is 2.14. The van der Waals surface area contributed by atoms with E-state index in [0.29, 0.717) is 5.92 Å². The third kappa shape index (κ3) is 4.16. The molecule has 0 amide bonds. The minimum absolute atomic E-state index is 0.345. The van der Waals surface area contributed by atoms with E-state index in [4.69, 9.17) is 9.15 Å². The van der Waals surface area contributed by atoms with Gasteiger partial charge in [-0.2, -0.15) is 0 Å². The summed E-state index contributed by atoms with van der Waals surface area (Å²) in [5.74, 6) is 2.11. The molecule has 0 radical (unpaired) electrons. The summed E-state index contributed by atoms with van der Waals surface area (Å²) in [5.41, 5.74) is 14.2. The molecule has 1 spiro atoms. The van der Waals surface area contributed by atoms with Gasteiger partial charge in [-0.25, -0.2) is 0 Å². The zero-order valence-corrected chi connectivity index (χ0v) is 29.3. The van der Waals surface area contributed by atoms with Gasteiger partial charge in [0.15, 0.2) is 5.75 Å². The highest BCUT2D eigenvalue weighted by molar-refractivity contribution is 6.17. The van der Waals surface area contributed by atoms with Crippen LogP contribution in [0.25, 0.3) is 38.6 Å². The first kappa shape index (κ1) is 30.1. The molecule has 2 aliphatic carbocycles. The molecule has 1 aromatic heterocycles. The van der Waals surface area contributed by atoms with Gasteiger partial charge in [0.1, 0.15) is 16.9 Å². The van der Waals surface area contributed by atoms with E-state index in [1.54, 1.807) is 0 Å². The normalized spacial score (nSPS) is 18.1. The molecule has 0 saturated heterocycles. The van der Waals surface area contributed by atoms with Crippen LogP contribution in [0.15, 0.2) is 186 Å². The van der Waals surface area contributed by atoms with Crippen LogP contribution >= 0.6 is 0 Å². The second-order valence-corrected chi connectivity index (χ2v) is 14.4. The number of anilines is 3. The van der Waals surface area contributed by atoms with Crippen LogP contribution < -0.4 is 9.64 Å². The van der Waals surface area contributed by atoms with Crippen molar-refractivity contribution in [3.63, 3.8) is 0 Å². The number of hydrogen-bond donors (Lipinski definition) is 0. The average Bonchev–Trinajstić information content (AvgIpc) is 3.75. The van der Waals surface area contributed by atoms with Gasteiger partial charge in [0, 0.05) is 27.8 Å². The van der Waals surface area contributed by atoms with Gasteiger partial charge in [0.25, 0.3) is 0 Å². The first-order valence-corrected chi connectivity index (χ1v) is 18.5. The third-order valence-electron chi connectivity index (χ3n) is 11.6. The number of allylic oxidation sites excluding steroid dienone is 4. The largest absolute Gasteiger partial charge is 0.455 e. The molecule has 2 heterocycles. The van der Waals surface area contributed by atoms with Crippen molar-refractivity contribution in [2.24, 2.45) is 5.92 Å². The number of benzene rings is 7. The van der Waals surface area contributed by atoms with E-state index in [1.165, 1.54) is 33.4 Å². The van der Waals surface area contributed by atoms with Gasteiger partial charge in [-0.3, -0.25) is 0 Å². The standard InChI is InChI=1S/C50H35NO2/c1-32-16-14-23-37-36-21-8-10-24-39(36)50(47(32)37)40-25-11-13-29-45(40)53-49-41(50)26-15-27-43(49)51(34-19-6-3-7-20-34)42-31-30-35(33-17-4-2-5-18-33)48-46(42)38-22-9-12-28-44(38)52-48/h2-15,17-32H,16H2,1H3. The van der Waals surface area contributed by atoms with E-state index >= 15 is 0 Å². The van der Waals surface area contributed by atoms with Crippen molar-refractivity contribution in [2.75, 3.05) is 4.90 Å². The van der Waals surface area contributed by atoms with Crippen LogP contribution in [0.3, 0.4) is 0 Å². The molecule has 252 valence electrons. The molecule has 53 heavy (non-hydrogen) atoms. The smallest absolute Gasteiger partial charge is 0.156 e. The lowest BCUT2D eigenvalue weighted by Crippen LogP contribution is -2.36.